The number of rotatable bonds is 4. The minimum Gasteiger partial charge on any atom is -0.337 e. The van der Waals surface area contributed by atoms with Crippen molar-refractivity contribution in [2.45, 2.75) is 0 Å². The summed E-state index contributed by atoms with van der Waals surface area (Å²) in [6.45, 7) is 5.35. The van der Waals surface area contributed by atoms with Gasteiger partial charge in [0.05, 0.1) is 28.1 Å². The summed E-state index contributed by atoms with van der Waals surface area (Å²) >= 11 is 0. The second-order valence-corrected chi connectivity index (χ2v) is 12.3. The van der Waals surface area contributed by atoms with Gasteiger partial charge in [-0.3, -0.25) is 4.57 Å². The lowest BCUT2D eigenvalue weighted by molar-refractivity contribution is 0.995. The molecule has 0 N–H and O–H groups in total. The fourth-order valence-electron chi connectivity index (χ4n) is 7.14. The molecule has 3 heterocycles. The van der Waals surface area contributed by atoms with Gasteiger partial charge in [0.15, 0.2) is 0 Å². The Balaban J connectivity index is 1.36. The van der Waals surface area contributed by atoms with Gasteiger partial charge in [0.1, 0.15) is 0 Å². The minimum absolute atomic E-state index is 0.626. The zero-order valence-corrected chi connectivity index (χ0v) is 26.9. The molecule has 0 unspecified atom stereocenters. The first-order chi connectivity index (χ1) is 24.2. The van der Waals surface area contributed by atoms with Crippen molar-refractivity contribution in [1.29, 1.82) is 0 Å². The summed E-state index contributed by atoms with van der Waals surface area (Å²) in [5.74, 6) is 0.626. The molecule has 232 valence electrons. The molecular formula is C45H32N4. The Kier molecular flexibility index (Phi) is 6.98. The lowest BCUT2D eigenvalue weighted by atomic mass is 9.97. The van der Waals surface area contributed by atoms with Gasteiger partial charge in [-0.15, -0.1) is 0 Å². The quantitative estimate of drug-likeness (QED) is 0.194. The molecular weight excluding hydrogens is 597 g/mol. The van der Waals surface area contributed by atoms with Crippen molar-refractivity contribution in [3.05, 3.63) is 182 Å². The Hall–Kier alpha value is -6.52. The summed E-state index contributed by atoms with van der Waals surface area (Å²) < 4.78 is 2.22. The van der Waals surface area contributed by atoms with Crippen molar-refractivity contribution in [3.8, 4) is 28.5 Å². The number of hydrogen-bond acceptors (Lipinski definition) is 3. The van der Waals surface area contributed by atoms with Crippen LogP contribution >= 0.6 is 0 Å². The number of hydrogen-bond donors (Lipinski definition) is 0. The molecule has 0 amide bonds. The third-order valence-electron chi connectivity index (χ3n) is 9.38. The number of benzene rings is 6. The summed E-state index contributed by atoms with van der Waals surface area (Å²) in [6, 6.07) is 51.0. The molecule has 4 heteroatoms. The van der Waals surface area contributed by atoms with Crippen LogP contribution in [0.1, 0.15) is 5.56 Å². The number of nitrogens with zero attached hydrogens (tertiary/aromatic N) is 4. The maximum atomic E-state index is 5.36. The average molecular weight is 629 g/mol. The predicted molar refractivity (Wildman–Crippen MR) is 206 cm³/mol. The Morgan fingerprint density at radius 2 is 1.31 bits per heavy atom. The van der Waals surface area contributed by atoms with Gasteiger partial charge >= 0.3 is 0 Å². The molecule has 4 nitrogen and oxygen atoms in total. The summed E-state index contributed by atoms with van der Waals surface area (Å²) in [5, 5.41) is 4.60. The van der Waals surface area contributed by atoms with Gasteiger partial charge in [-0.2, -0.15) is 0 Å². The van der Waals surface area contributed by atoms with E-state index in [0.29, 0.717) is 5.95 Å². The van der Waals surface area contributed by atoms with Crippen LogP contribution in [0.5, 0.6) is 0 Å². The van der Waals surface area contributed by atoms with Crippen LogP contribution < -0.4 is 4.90 Å². The predicted octanol–water partition coefficient (Wildman–Crippen LogP) is 11.3. The molecule has 0 radical (unpaired) electrons. The zero-order valence-electron chi connectivity index (χ0n) is 26.9. The fourth-order valence-corrected chi connectivity index (χ4v) is 7.14. The maximum absolute atomic E-state index is 5.36. The van der Waals surface area contributed by atoms with E-state index in [1.165, 1.54) is 5.39 Å². The van der Waals surface area contributed by atoms with Gasteiger partial charge in [0.25, 0.3) is 0 Å². The smallest absolute Gasteiger partial charge is 0.235 e. The molecule has 1 aliphatic heterocycles. The van der Waals surface area contributed by atoms with Crippen molar-refractivity contribution in [2.24, 2.45) is 0 Å². The molecule has 0 fully saturated rings. The monoisotopic (exact) mass is 628 g/mol. The Labute approximate surface area is 285 Å². The summed E-state index contributed by atoms with van der Waals surface area (Å²) in [7, 11) is 0. The lowest BCUT2D eigenvalue weighted by Crippen LogP contribution is -2.18. The Morgan fingerprint density at radius 1 is 0.592 bits per heavy atom. The number of anilines is 2. The Morgan fingerprint density at radius 3 is 2.16 bits per heavy atom. The Bertz CT molecular complexity index is 2590. The normalized spacial score (nSPS) is 14.4. The highest BCUT2D eigenvalue weighted by atomic mass is 15.2. The van der Waals surface area contributed by atoms with E-state index in [1.807, 2.05) is 6.07 Å². The number of allylic oxidation sites excluding steroid dienone is 4. The molecule has 8 aromatic rings. The van der Waals surface area contributed by atoms with Crippen molar-refractivity contribution in [3.63, 3.8) is 0 Å². The van der Waals surface area contributed by atoms with E-state index >= 15 is 0 Å². The average Bonchev–Trinajstić information content (AvgIpc) is 3.53. The van der Waals surface area contributed by atoms with E-state index in [4.69, 9.17) is 9.97 Å². The molecule has 6 aromatic carbocycles. The van der Waals surface area contributed by atoms with Crippen molar-refractivity contribution in [1.82, 2.24) is 14.5 Å². The first-order valence-corrected chi connectivity index (χ1v) is 16.6. The van der Waals surface area contributed by atoms with Crippen molar-refractivity contribution < 1.29 is 0 Å². The van der Waals surface area contributed by atoms with Crippen LogP contribution in [0.4, 0.5) is 11.4 Å². The standard InChI is InChI=1S/C45H32N4/c1-31-16-5-4-14-29-48(34-21-8-3-9-22-34)41-27-28-42-44(43(31)41)37-24-12-13-26-40(37)49(42)45-46-38(33-18-6-2-7-19-33)30-39(47-45)36-25-15-20-32-17-10-11-23-35(32)36/h2-28,30H,1,29H2/b14-4-,16-5-. The van der Waals surface area contributed by atoms with E-state index in [0.717, 1.165) is 78.8 Å². The SMILES string of the molecule is C=C1/C=C\C=C/CN(c2ccccc2)c2ccc3c(c21)c1ccccc1n3-c1nc(-c2ccccc2)cc(-c2cccc3ccccc23)n1. The molecule has 0 spiro atoms. The number of aromatic nitrogens is 3. The fraction of sp³-hybridized carbons (Fsp3) is 0.0222. The summed E-state index contributed by atoms with van der Waals surface area (Å²) in [5.41, 5.74) is 10.2. The highest BCUT2D eigenvalue weighted by Crippen LogP contribution is 2.43. The van der Waals surface area contributed by atoms with Gasteiger partial charge in [0.2, 0.25) is 5.95 Å². The van der Waals surface area contributed by atoms with Crippen LogP contribution in [-0.4, -0.2) is 21.1 Å². The molecule has 1 aliphatic rings. The molecule has 9 rings (SSSR count). The van der Waals surface area contributed by atoms with Crippen LogP contribution in [0.25, 0.3) is 66.6 Å². The van der Waals surface area contributed by atoms with Crippen LogP contribution in [-0.2, 0) is 0 Å². The molecule has 49 heavy (non-hydrogen) atoms. The first-order valence-electron chi connectivity index (χ1n) is 16.6. The number of para-hydroxylation sites is 2. The van der Waals surface area contributed by atoms with Gasteiger partial charge in [-0.1, -0.05) is 140 Å². The molecule has 0 aliphatic carbocycles. The maximum Gasteiger partial charge on any atom is 0.235 e. The second-order valence-electron chi connectivity index (χ2n) is 12.3. The molecule has 0 atom stereocenters. The second kappa shape index (κ2) is 11.9. The van der Waals surface area contributed by atoms with Crippen molar-refractivity contribution >= 4 is 49.5 Å². The topological polar surface area (TPSA) is 34.0 Å². The van der Waals surface area contributed by atoms with E-state index in [9.17, 15) is 0 Å². The molecule has 0 saturated carbocycles. The van der Waals surface area contributed by atoms with Crippen LogP contribution in [0.3, 0.4) is 0 Å². The van der Waals surface area contributed by atoms with E-state index in [1.54, 1.807) is 0 Å². The van der Waals surface area contributed by atoms with Crippen LogP contribution in [0, 0.1) is 0 Å². The summed E-state index contributed by atoms with van der Waals surface area (Å²) in [4.78, 5) is 13.0. The van der Waals surface area contributed by atoms with Crippen molar-refractivity contribution in [2.75, 3.05) is 11.4 Å². The zero-order chi connectivity index (χ0) is 32.7. The molecule has 0 saturated heterocycles. The third kappa shape index (κ3) is 4.93. The first kappa shape index (κ1) is 28.7. The largest absolute Gasteiger partial charge is 0.337 e. The summed E-state index contributed by atoms with van der Waals surface area (Å²) in [6.07, 6.45) is 8.49. The van der Waals surface area contributed by atoms with Gasteiger partial charge < -0.3 is 4.90 Å². The van der Waals surface area contributed by atoms with Crippen LogP contribution in [0.15, 0.2) is 176 Å². The number of fused-ring (bicyclic) bond motifs is 6. The third-order valence-corrected chi connectivity index (χ3v) is 9.38. The van der Waals surface area contributed by atoms with Gasteiger partial charge in [-0.25, -0.2) is 9.97 Å². The van der Waals surface area contributed by atoms with Gasteiger partial charge in [-0.05, 0) is 52.7 Å². The van der Waals surface area contributed by atoms with E-state index < -0.39 is 0 Å². The van der Waals surface area contributed by atoms with E-state index in [2.05, 4.69) is 180 Å². The molecule has 2 aromatic heterocycles. The van der Waals surface area contributed by atoms with Gasteiger partial charge in [0, 0.05) is 39.7 Å². The van der Waals surface area contributed by atoms with Crippen LogP contribution in [0.2, 0.25) is 0 Å². The minimum atomic E-state index is 0.626. The lowest BCUT2D eigenvalue weighted by Gasteiger charge is -2.27. The van der Waals surface area contributed by atoms with E-state index in [-0.39, 0.29) is 0 Å². The molecule has 0 bridgehead atoms. The highest BCUT2D eigenvalue weighted by molar-refractivity contribution is 6.16. The highest BCUT2D eigenvalue weighted by Gasteiger charge is 2.24.